The van der Waals surface area contributed by atoms with Gasteiger partial charge in [-0.15, -0.1) is 0 Å². The SMILES string of the molecule is O=C(OCc1ccccc1)N1CCCN2CCC=C2C1=O. The number of hydrogen-bond acceptors (Lipinski definition) is 4. The van der Waals surface area contributed by atoms with Gasteiger partial charge < -0.3 is 9.64 Å². The second kappa shape index (κ2) is 5.99. The highest BCUT2D eigenvalue weighted by Crippen LogP contribution is 2.21. The van der Waals surface area contributed by atoms with Crippen LogP contribution in [0.5, 0.6) is 0 Å². The Morgan fingerprint density at radius 2 is 1.95 bits per heavy atom. The number of rotatable bonds is 2. The summed E-state index contributed by atoms with van der Waals surface area (Å²) < 4.78 is 5.26. The highest BCUT2D eigenvalue weighted by molar-refractivity contribution is 6.02. The summed E-state index contributed by atoms with van der Waals surface area (Å²) in [5.41, 5.74) is 1.55. The molecule has 0 radical (unpaired) electrons. The number of ether oxygens (including phenoxy) is 1. The Balaban J connectivity index is 1.65. The highest BCUT2D eigenvalue weighted by Gasteiger charge is 2.33. The van der Waals surface area contributed by atoms with E-state index in [9.17, 15) is 9.59 Å². The molecule has 1 aromatic carbocycles. The molecule has 1 saturated heterocycles. The molecule has 2 amide bonds. The summed E-state index contributed by atoms with van der Waals surface area (Å²) in [4.78, 5) is 27.8. The number of benzene rings is 1. The third kappa shape index (κ3) is 2.91. The monoisotopic (exact) mass is 286 g/mol. The third-order valence-corrected chi connectivity index (χ3v) is 3.78. The Morgan fingerprint density at radius 3 is 2.76 bits per heavy atom. The van der Waals surface area contributed by atoms with Crippen LogP contribution in [0.1, 0.15) is 18.4 Å². The van der Waals surface area contributed by atoms with E-state index >= 15 is 0 Å². The van der Waals surface area contributed by atoms with Crippen LogP contribution in [0.15, 0.2) is 42.1 Å². The van der Waals surface area contributed by atoms with Crippen LogP contribution < -0.4 is 0 Å². The Morgan fingerprint density at radius 1 is 1.14 bits per heavy atom. The molecule has 0 aromatic heterocycles. The molecule has 3 rings (SSSR count). The normalized spacial score (nSPS) is 18.1. The lowest BCUT2D eigenvalue weighted by Crippen LogP contribution is -2.38. The molecule has 1 aromatic rings. The predicted octanol–water partition coefficient (Wildman–Crippen LogP) is 2.15. The maximum Gasteiger partial charge on any atom is 0.417 e. The fourth-order valence-electron chi connectivity index (χ4n) is 2.69. The van der Waals surface area contributed by atoms with E-state index < -0.39 is 6.09 Å². The minimum absolute atomic E-state index is 0.187. The summed E-state index contributed by atoms with van der Waals surface area (Å²) in [6.07, 6.45) is 3.00. The van der Waals surface area contributed by atoms with Gasteiger partial charge >= 0.3 is 6.09 Å². The number of fused-ring (bicyclic) bond motifs is 1. The molecule has 0 saturated carbocycles. The van der Waals surface area contributed by atoms with E-state index in [1.165, 1.54) is 4.90 Å². The van der Waals surface area contributed by atoms with E-state index in [0.717, 1.165) is 31.5 Å². The molecule has 110 valence electrons. The molecule has 0 unspecified atom stereocenters. The average molecular weight is 286 g/mol. The number of carbonyl (C=O) groups excluding carboxylic acids is 2. The average Bonchev–Trinajstić information content (AvgIpc) is 2.92. The lowest BCUT2D eigenvalue weighted by Gasteiger charge is -2.20. The van der Waals surface area contributed by atoms with Crippen LogP contribution in [0.2, 0.25) is 0 Å². The lowest BCUT2D eigenvalue weighted by atomic mass is 10.2. The summed E-state index contributed by atoms with van der Waals surface area (Å²) in [6.45, 7) is 2.29. The Bertz CT molecular complexity index is 568. The van der Waals surface area contributed by atoms with E-state index in [0.29, 0.717) is 12.2 Å². The standard InChI is InChI=1S/C16H18N2O3/c19-15-14-8-4-9-17(14)10-5-11-18(15)16(20)21-12-13-6-2-1-3-7-13/h1-3,6-8H,4-5,9-12H2. The van der Waals surface area contributed by atoms with Gasteiger partial charge in [-0.3, -0.25) is 4.79 Å². The van der Waals surface area contributed by atoms with Crippen LogP contribution in [0.3, 0.4) is 0 Å². The van der Waals surface area contributed by atoms with Gasteiger partial charge in [0.2, 0.25) is 0 Å². The molecule has 21 heavy (non-hydrogen) atoms. The molecular formula is C16H18N2O3. The Kier molecular flexibility index (Phi) is 3.90. The minimum atomic E-state index is -0.557. The molecule has 0 spiro atoms. The van der Waals surface area contributed by atoms with E-state index in [1.54, 1.807) is 0 Å². The number of amides is 2. The smallest absolute Gasteiger partial charge is 0.417 e. The van der Waals surface area contributed by atoms with Gasteiger partial charge in [0.1, 0.15) is 6.61 Å². The molecule has 5 heteroatoms. The number of nitrogens with zero attached hydrogens (tertiary/aromatic N) is 2. The quantitative estimate of drug-likeness (QED) is 0.836. The second-order valence-corrected chi connectivity index (χ2v) is 5.22. The zero-order valence-corrected chi connectivity index (χ0v) is 11.8. The maximum absolute atomic E-state index is 12.4. The van der Waals surface area contributed by atoms with Gasteiger partial charge in [-0.1, -0.05) is 36.4 Å². The number of carbonyl (C=O) groups is 2. The summed E-state index contributed by atoms with van der Waals surface area (Å²) >= 11 is 0. The first-order valence-corrected chi connectivity index (χ1v) is 7.23. The molecule has 2 aliphatic rings. The summed E-state index contributed by atoms with van der Waals surface area (Å²) in [5, 5.41) is 0. The highest BCUT2D eigenvalue weighted by atomic mass is 16.6. The van der Waals surface area contributed by atoms with Crippen LogP contribution in [0.4, 0.5) is 4.79 Å². The van der Waals surface area contributed by atoms with Crippen molar-refractivity contribution < 1.29 is 14.3 Å². The van der Waals surface area contributed by atoms with E-state index in [2.05, 4.69) is 0 Å². The number of imide groups is 1. The molecule has 0 aliphatic carbocycles. The van der Waals surface area contributed by atoms with Crippen LogP contribution in [0.25, 0.3) is 0 Å². The molecular weight excluding hydrogens is 268 g/mol. The minimum Gasteiger partial charge on any atom is -0.444 e. The zero-order valence-electron chi connectivity index (χ0n) is 11.8. The fourth-order valence-corrected chi connectivity index (χ4v) is 2.69. The molecule has 0 bridgehead atoms. The van der Waals surface area contributed by atoms with Gasteiger partial charge in [0.15, 0.2) is 0 Å². The largest absolute Gasteiger partial charge is 0.444 e. The van der Waals surface area contributed by atoms with Crippen molar-refractivity contribution in [1.29, 1.82) is 0 Å². The lowest BCUT2D eigenvalue weighted by molar-refractivity contribution is -0.126. The maximum atomic E-state index is 12.4. The van der Waals surface area contributed by atoms with Crippen molar-refractivity contribution in [1.82, 2.24) is 9.80 Å². The van der Waals surface area contributed by atoms with Crippen LogP contribution in [0, 0.1) is 0 Å². The van der Waals surface area contributed by atoms with Crippen LogP contribution in [-0.2, 0) is 16.1 Å². The molecule has 0 N–H and O–H groups in total. The van der Waals surface area contributed by atoms with Crippen molar-refractivity contribution in [2.45, 2.75) is 19.4 Å². The zero-order chi connectivity index (χ0) is 14.7. The van der Waals surface area contributed by atoms with E-state index in [4.69, 9.17) is 4.74 Å². The molecule has 5 nitrogen and oxygen atoms in total. The molecule has 2 heterocycles. The van der Waals surface area contributed by atoms with Gasteiger partial charge in [0, 0.05) is 19.6 Å². The van der Waals surface area contributed by atoms with Gasteiger partial charge in [0.05, 0.1) is 5.70 Å². The summed E-state index contributed by atoms with van der Waals surface area (Å²) in [5.74, 6) is -0.233. The van der Waals surface area contributed by atoms with Crippen LogP contribution in [-0.4, -0.2) is 41.4 Å². The van der Waals surface area contributed by atoms with Crippen molar-refractivity contribution >= 4 is 12.0 Å². The third-order valence-electron chi connectivity index (χ3n) is 3.78. The van der Waals surface area contributed by atoms with Gasteiger partial charge in [-0.25, -0.2) is 9.69 Å². The van der Waals surface area contributed by atoms with Crippen molar-refractivity contribution in [2.24, 2.45) is 0 Å². The summed E-state index contributed by atoms with van der Waals surface area (Å²) in [6, 6.07) is 9.46. The van der Waals surface area contributed by atoms with Gasteiger partial charge in [0.25, 0.3) is 5.91 Å². The molecule has 2 aliphatic heterocycles. The van der Waals surface area contributed by atoms with Crippen molar-refractivity contribution in [3.63, 3.8) is 0 Å². The first-order valence-electron chi connectivity index (χ1n) is 7.23. The van der Waals surface area contributed by atoms with Gasteiger partial charge in [-0.05, 0) is 18.4 Å². The van der Waals surface area contributed by atoms with Crippen molar-refractivity contribution in [3.8, 4) is 0 Å². The van der Waals surface area contributed by atoms with Crippen molar-refractivity contribution in [3.05, 3.63) is 47.7 Å². The molecule has 0 atom stereocenters. The Labute approximate surface area is 123 Å². The van der Waals surface area contributed by atoms with Gasteiger partial charge in [-0.2, -0.15) is 0 Å². The predicted molar refractivity (Wildman–Crippen MR) is 77.2 cm³/mol. The first kappa shape index (κ1) is 13.7. The van der Waals surface area contributed by atoms with E-state index in [-0.39, 0.29) is 12.5 Å². The topological polar surface area (TPSA) is 49.9 Å². The second-order valence-electron chi connectivity index (χ2n) is 5.22. The van der Waals surface area contributed by atoms with Crippen molar-refractivity contribution in [2.75, 3.05) is 19.6 Å². The van der Waals surface area contributed by atoms with Crippen LogP contribution >= 0.6 is 0 Å². The first-order chi connectivity index (χ1) is 10.3. The number of hydrogen-bond donors (Lipinski definition) is 0. The Hall–Kier alpha value is -2.30. The molecule has 1 fully saturated rings. The summed E-state index contributed by atoms with van der Waals surface area (Å²) in [7, 11) is 0. The van der Waals surface area contributed by atoms with E-state index in [1.807, 2.05) is 41.3 Å². The fraction of sp³-hybridized carbons (Fsp3) is 0.375.